The summed E-state index contributed by atoms with van der Waals surface area (Å²) in [5, 5.41) is 15.4. The lowest BCUT2D eigenvalue weighted by Gasteiger charge is -2.09. The lowest BCUT2D eigenvalue weighted by molar-refractivity contribution is 0.0952. The highest BCUT2D eigenvalue weighted by Crippen LogP contribution is 2.16. The molecule has 0 fully saturated rings. The first-order valence-electron chi connectivity index (χ1n) is 8.88. The number of carbonyl (C=O) groups excluding carboxylic acids is 1. The van der Waals surface area contributed by atoms with Crippen molar-refractivity contribution in [1.29, 1.82) is 0 Å². The van der Waals surface area contributed by atoms with Crippen molar-refractivity contribution in [3.8, 4) is 5.69 Å². The molecule has 0 aliphatic rings. The average Bonchev–Trinajstić information content (AvgIpc) is 3.35. The summed E-state index contributed by atoms with van der Waals surface area (Å²) in [5.41, 5.74) is 3.65. The zero-order valence-corrected chi connectivity index (χ0v) is 15.0. The predicted octanol–water partition coefficient (Wildman–Crippen LogP) is 2.75. The normalized spacial score (nSPS) is 11.0. The van der Waals surface area contributed by atoms with Crippen LogP contribution < -0.4 is 5.32 Å². The summed E-state index contributed by atoms with van der Waals surface area (Å²) in [5.74, 6) is -0.0706. The molecule has 0 atom stereocenters. The number of nitrogens with one attached hydrogen (secondary N) is 1. The number of rotatable bonds is 6. The van der Waals surface area contributed by atoms with Gasteiger partial charge in [0.15, 0.2) is 0 Å². The maximum Gasteiger partial charge on any atom is 0.251 e. The summed E-state index contributed by atoms with van der Waals surface area (Å²) in [6.45, 7) is 3.43. The van der Waals surface area contributed by atoms with Crippen LogP contribution in [0.1, 0.15) is 22.3 Å². The van der Waals surface area contributed by atoms with Gasteiger partial charge in [0.2, 0.25) is 0 Å². The van der Waals surface area contributed by atoms with Gasteiger partial charge in [-0.2, -0.15) is 0 Å². The Morgan fingerprint density at radius 1 is 1.15 bits per heavy atom. The van der Waals surface area contributed by atoms with E-state index >= 15 is 0 Å². The molecule has 0 aliphatic heterocycles. The number of hydrogen-bond donors (Lipinski definition) is 1. The molecule has 4 rings (SSSR count). The van der Waals surface area contributed by atoms with Crippen molar-refractivity contribution in [3.05, 3.63) is 72.2 Å². The third-order valence-electron chi connectivity index (χ3n) is 4.60. The average molecular weight is 360 g/mol. The monoisotopic (exact) mass is 360 g/mol. The van der Waals surface area contributed by atoms with Crippen molar-refractivity contribution in [1.82, 2.24) is 30.1 Å². The molecule has 0 radical (unpaired) electrons. The molecule has 1 amide bonds. The molecular formula is C20H20N6O. The Morgan fingerprint density at radius 3 is 2.85 bits per heavy atom. The molecule has 0 saturated heterocycles. The van der Waals surface area contributed by atoms with E-state index in [9.17, 15) is 4.79 Å². The number of benzene rings is 2. The number of fused-ring (bicyclic) bond motifs is 1. The van der Waals surface area contributed by atoms with E-state index in [2.05, 4.69) is 49.8 Å². The summed E-state index contributed by atoms with van der Waals surface area (Å²) in [6, 6.07) is 15.9. The lowest BCUT2D eigenvalue weighted by atomic mass is 10.1. The van der Waals surface area contributed by atoms with Crippen LogP contribution in [0.4, 0.5) is 0 Å². The second-order valence-electron chi connectivity index (χ2n) is 6.43. The zero-order chi connectivity index (χ0) is 18.6. The van der Waals surface area contributed by atoms with Crippen LogP contribution in [0.5, 0.6) is 0 Å². The van der Waals surface area contributed by atoms with Gasteiger partial charge in [-0.05, 0) is 65.1 Å². The molecule has 7 heteroatoms. The fourth-order valence-electron chi connectivity index (χ4n) is 3.21. The Morgan fingerprint density at radius 2 is 2.04 bits per heavy atom. The number of tetrazole rings is 1. The molecule has 0 spiro atoms. The van der Waals surface area contributed by atoms with Gasteiger partial charge in [-0.25, -0.2) is 4.68 Å². The highest BCUT2D eigenvalue weighted by atomic mass is 16.1. The van der Waals surface area contributed by atoms with Crippen molar-refractivity contribution in [2.45, 2.75) is 19.9 Å². The van der Waals surface area contributed by atoms with Gasteiger partial charge in [0.05, 0.1) is 5.69 Å². The maximum atomic E-state index is 12.4. The van der Waals surface area contributed by atoms with Gasteiger partial charge < -0.3 is 9.88 Å². The van der Waals surface area contributed by atoms with Crippen molar-refractivity contribution in [3.63, 3.8) is 0 Å². The third-order valence-corrected chi connectivity index (χ3v) is 4.60. The van der Waals surface area contributed by atoms with Gasteiger partial charge in [0.25, 0.3) is 5.91 Å². The molecule has 4 aromatic rings. The smallest absolute Gasteiger partial charge is 0.251 e. The highest BCUT2D eigenvalue weighted by molar-refractivity contribution is 5.94. The zero-order valence-electron chi connectivity index (χ0n) is 15.0. The summed E-state index contributed by atoms with van der Waals surface area (Å²) >= 11 is 0. The maximum absolute atomic E-state index is 12.4. The Kier molecular flexibility index (Phi) is 4.65. The highest BCUT2D eigenvalue weighted by Gasteiger charge is 2.09. The molecule has 27 heavy (non-hydrogen) atoms. The van der Waals surface area contributed by atoms with E-state index in [1.54, 1.807) is 10.7 Å². The minimum absolute atomic E-state index is 0.0706. The number of hydrogen-bond acceptors (Lipinski definition) is 4. The minimum atomic E-state index is -0.0706. The van der Waals surface area contributed by atoms with Gasteiger partial charge in [-0.1, -0.05) is 18.2 Å². The van der Waals surface area contributed by atoms with Crippen LogP contribution in [-0.2, 0) is 6.54 Å². The molecule has 136 valence electrons. The van der Waals surface area contributed by atoms with E-state index < -0.39 is 0 Å². The van der Waals surface area contributed by atoms with Gasteiger partial charge >= 0.3 is 0 Å². The van der Waals surface area contributed by atoms with Crippen LogP contribution >= 0.6 is 0 Å². The van der Waals surface area contributed by atoms with Crippen molar-refractivity contribution in [2.24, 2.45) is 0 Å². The van der Waals surface area contributed by atoms with Crippen LogP contribution in [0.25, 0.3) is 16.6 Å². The first-order valence-corrected chi connectivity index (χ1v) is 8.88. The second kappa shape index (κ2) is 7.41. The molecule has 0 bridgehead atoms. The van der Waals surface area contributed by atoms with Gasteiger partial charge in [-0.3, -0.25) is 4.79 Å². The van der Waals surface area contributed by atoms with E-state index in [0.717, 1.165) is 24.2 Å². The van der Waals surface area contributed by atoms with Crippen molar-refractivity contribution < 1.29 is 4.79 Å². The first kappa shape index (κ1) is 17.0. The summed E-state index contributed by atoms with van der Waals surface area (Å²) in [4.78, 5) is 12.4. The Bertz CT molecular complexity index is 1070. The molecule has 1 N–H and O–H groups in total. The standard InChI is InChI=1S/C20H20N6O/c1-15-13-17(7-8-18(15)26-14-22-23-24-26)20(27)21-10-4-11-25-12-9-16-5-2-3-6-19(16)25/h2-3,5-9,12-14H,4,10-11H2,1H3,(H,21,27). The van der Waals surface area contributed by atoms with Crippen molar-refractivity contribution in [2.75, 3.05) is 6.54 Å². The summed E-state index contributed by atoms with van der Waals surface area (Å²) in [6.07, 6.45) is 4.49. The van der Waals surface area contributed by atoms with Crippen LogP contribution in [0.3, 0.4) is 0 Å². The Hall–Kier alpha value is -3.48. The number of amides is 1. The molecule has 2 aromatic heterocycles. The molecule has 7 nitrogen and oxygen atoms in total. The van der Waals surface area contributed by atoms with Crippen LogP contribution in [0.15, 0.2) is 61.1 Å². The van der Waals surface area contributed by atoms with Crippen molar-refractivity contribution >= 4 is 16.8 Å². The van der Waals surface area contributed by atoms with E-state index in [4.69, 9.17) is 0 Å². The van der Waals surface area contributed by atoms with E-state index in [1.807, 2.05) is 31.2 Å². The number of carbonyl (C=O) groups is 1. The summed E-state index contributed by atoms with van der Waals surface area (Å²) in [7, 11) is 0. The minimum Gasteiger partial charge on any atom is -0.352 e. The first-order chi connectivity index (χ1) is 13.2. The van der Waals surface area contributed by atoms with Gasteiger partial charge in [0, 0.05) is 30.4 Å². The van der Waals surface area contributed by atoms with Gasteiger partial charge in [0.1, 0.15) is 6.33 Å². The second-order valence-corrected chi connectivity index (χ2v) is 6.43. The van der Waals surface area contributed by atoms with Crippen LogP contribution in [0, 0.1) is 6.92 Å². The van der Waals surface area contributed by atoms with E-state index in [1.165, 1.54) is 17.2 Å². The fourth-order valence-corrected chi connectivity index (χ4v) is 3.21. The largest absolute Gasteiger partial charge is 0.352 e. The molecule has 2 heterocycles. The molecule has 0 unspecified atom stereocenters. The Labute approximate surface area is 156 Å². The molecule has 0 saturated carbocycles. The molecule has 0 aliphatic carbocycles. The number of para-hydroxylation sites is 1. The van der Waals surface area contributed by atoms with Crippen LogP contribution in [-0.4, -0.2) is 37.2 Å². The quantitative estimate of drug-likeness (QED) is 0.536. The SMILES string of the molecule is Cc1cc(C(=O)NCCCn2ccc3ccccc32)ccc1-n1cnnn1. The predicted molar refractivity (Wildman–Crippen MR) is 103 cm³/mol. The Balaban J connectivity index is 1.33. The van der Waals surface area contributed by atoms with E-state index in [0.29, 0.717) is 12.1 Å². The third kappa shape index (κ3) is 3.57. The van der Waals surface area contributed by atoms with E-state index in [-0.39, 0.29) is 5.91 Å². The molecular weight excluding hydrogens is 340 g/mol. The fraction of sp³-hybridized carbons (Fsp3) is 0.200. The van der Waals surface area contributed by atoms with Crippen LogP contribution in [0.2, 0.25) is 0 Å². The lowest BCUT2D eigenvalue weighted by Crippen LogP contribution is -2.25. The number of nitrogens with zero attached hydrogens (tertiary/aromatic N) is 5. The molecule has 2 aromatic carbocycles. The number of aryl methyl sites for hydroxylation is 2. The topological polar surface area (TPSA) is 77.6 Å². The summed E-state index contributed by atoms with van der Waals surface area (Å²) < 4.78 is 3.80. The van der Waals surface area contributed by atoms with Gasteiger partial charge in [-0.15, -0.1) is 5.10 Å². The number of aromatic nitrogens is 5.